The van der Waals surface area contributed by atoms with Crippen molar-refractivity contribution in [2.75, 3.05) is 6.61 Å². The molecule has 0 radical (unpaired) electrons. The molecular formula is C15H26O3. The molecule has 0 saturated heterocycles. The van der Waals surface area contributed by atoms with E-state index in [9.17, 15) is 4.79 Å². The van der Waals surface area contributed by atoms with Crippen LogP contribution in [0.2, 0.25) is 0 Å². The number of aliphatic hydroxyl groups is 1. The van der Waals surface area contributed by atoms with E-state index in [-0.39, 0.29) is 18.9 Å². The molecule has 3 nitrogen and oxygen atoms in total. The standard InChI is InChI=1S/C15H26O3/c1-12(7-5-9-14(3)11-16)6-4-8-13(2)10-15(17)18/h6,9,13,16H,4-5,7-8,10-11H2,1-3H3,(H,17,18)/b12-6+,14-9+/t13-/m0/s1. The van der Waals surface area contributed by atoms with Crippen LogP contribution in [-0.4, -0.2) is 22.8 Å². The molecule has 0 fully saturated rings. The lowest BCUT2D eigenvalue weighted by Crippen LogP contribution is -2.03. The smallest absolute Gasteiger partial charge is 0.303 e. The lowest BCUT2D eigenvalue weighted by Gasteiger charge is -2.06. The maximum atomic E-state index is 10.5. The summed E-state index contributed by atoms with van der Waals surface area (Å²) in [4.78, 5) is 10.5. The Labute approximate surface area is 110 Å². The molecule has 104 valence electrons. The maximum Gasteiger partial charge on any atom is 0.303 e. The van der Waals surface area contributed by atoms with Crippen LogP contribution in [0.3, 0.4) is 0 Å². The summed E-state index contributed by atoms with van der Waals surface area (Å²) in [5, 5.41) is 17.5. The number of aliphatic hydroxyl groups excluding tert-OH is 1. The lowest BCUT2D eigenvalue weighted by atomic mass is 10.0. The molecule has 0 saturated carbocycles. The van der Waals surface area contributed by atoms with Crippen molar-refractivity contribution in [3.8, 4) is 0 Å². The predicted octanol–water partition coefficient (Wildman–Crippen LogP) is 3.54. The summed E-state index contributed by atoms with van der Waals surface area (Å²) in [6.45, 7) is 6.14. The Hall–Kier alpha value is -1.09. The third-order valence-electron chi connectivity index (χ3n) is 2.96. The Kier molecular flexibility index (Phi) is 9.29. The van der Waals surface area contributed by atoms with Gasteiger partial charge in [0.2, 0.25) is 0 Å². The lowest BCUT2D eigenvalue weighted by molar-refractivity contribution is -0.138. The molecule has 0 unspecified atom stereocenters. The minimum Gasteiger partial charge on any atom is -0.481 e. The van der Waals surface area contributed by atoms with Gasteiger partial charge in [0.25, 0.3) is 0 Å². The van der Waals surface area contributed by atoms with E-state index in [0.717, 1.165) is 31.3 Å². The zero-order valence-corrected chi connectivity index (χ0v) is 11.8. The number of aliphatic carboxylic acids is 1. The average molecular weight is 254 g/mol. The molecule has 0 bridgehead atoms. The van der Waals surface area contributed by atoms with E-state index in [1.165, 1.54) is 5.57 Å². The van der Waals surface area contributed by atoms with Crippen LogP contribution in [0.1, 0.15) is 52.9 Å². The van der Waals surface area contributed by atoms with Gasteiger partial charge in [-0.15, -0.1) is 0 Å². The second kappa shape index (κ2) is 9.89. The molecule has 0 aliphatic rings. The molecule has 2 N–H and O–H groups in total. The first-order valence-corrected chi connectivity index (χ1v) is 6.59. The normalized spacial score (nSPS) is 14.7. The number of carbonyl (C=O) groups is 1. The van der Waals surface area contributed by atoms with Crippen molar-refractivity contribution >= 4 is 5.97 Å². The fourth-order valence-corrected chi connectivity index (χ4v) is 1.73. The van der Waals surface area contributed by atoms with Crippen molar-refractivity contribution in [1.29, 1.82) is 0 Å². The van der Waals surface area contributed by atoms with Gasteiger partial charge in [0.15, 0.2) is 0 Å². The molecule has 0 spiro atoms. The van der Waals surface area contributed by atoms with Gasteiger partial charge < -0.3 is 10.2 Å². The first-order chi connectivity index (χ1) is 8.45. The Bertz CT molecular complexity index is 303. The van der Waals surface area contributed by atoms with Gasteiger partial charge in [-0.3, -0.25) is 4.79 Å². The van der Waals surface area contributed by atoms with Gasteiger partial charge in [-0.25, -0.2) is 0 Å². The highest BCUT2D eigenvalue weighted by Gasteiger charge is 2.05. The first kappa shape index (κ1) is 16.9. The van der Waals surface area contributed by atoms with Crippen LogP contribution in [0.15, 0.2) is 23.3 Å². The monoisotopic (exact) mass is 254 g/mol. The fourth-order valence-electron chi connectivity index (χ4n) is 1.73. The molecule has 18 heavy (non-hydrogen) atoms. The van der Waals surface area contributed by atoms with E-state index in [1.54, 1.807) is 0 Å². The highest BCUT2D eigenvalue weighted by molar-refractivity contribution is 5.66. The molecule has 0 amide bonds. The summed E-state index contributed by atoms with van der Waals surface area (Å²) in [5.74, 6) is -0.476. The third-order valence-corrected chi connectivity index (χ3v) is 2.96. The number of allylic oxidation sites excluding steroid dienone is 3. The second-order valence-corrected chi connectivity index (χ2v) is 5.08. The van der Waals surface area contributed by atoms with Crippen LogP contribution in [-0.2, 0) is 4.79 Å². The van der Waals surface area contributed by atoms with Gasteiger partial charge in [0.05, 0.1) is 6.61 Å². The number of carboxylic acids is 1. The molecule has 0 aromatic heterocycles. The van der Waals surface area contributed by atoms with Crippen molar-refractivity contribution in [3.63, 3.8) is 0 Å². The highest BCUT2D eigenvalue weighted by Crippen LogP contribution is 2.13. The molecule has 0 rings (SSSR count). The third kappa shape index (κ3) is 10.1. The SMILES string of the molecule is C/C(=C\CC/C(C)=C/CC[C@H](C)CC(=O)O)CO. The summed E-state index contributed by atoms with van der Waals surface area (Å²) < 4.78 is 0. The van der Waals surface area contributed by atoms with E-state index in [0.29, 0.717) is 0 Å². The quantitative estimate of drug-likeness (QED) is 0.619. The Balaban J connectivity index is 3.80. The van der Waals surface area contributed by atoms with Gasteiger partial charge in [0.1, 0.15) is 0 Å². The molecular weight excluding hydrogens is 228 g/mol. The van der Waals surface area contributed by atoms with Gasteiger partial charge in [-0.05, 0) is 45.4 Å². The summed E-state index contributed by atoms with van der Waals surface area (Å²) in [7, 11) is 0. The Morgan fingerprint density at radius 2 is 1.78 bits per heavy atom. The number of carboxylic acid groups (broad SMARTS) is 1. The van der Waals surface area contributed by atoms with Crippen molar-refractivity contribution in [2.24, 2.45) is 5.92 Å². The van der Waals surface area contributed by atoms with Gasteiger partial charge in [-0.1, -0.05) is 30.2 Å². The van der Waals surface area contributed by atoms with E-state index < -0.39 is 5.97 Å². The predicted molar refractivity (Wildman–Crippen MR) is 74.5 cm³/mol. The number of rotatable bonds is 9. The second-order valence-electron chi connectivity index (χ2n) is 5.08. The fraction of sp³-hybridized carbons (Fsp3) is 0.667. The highest BCUT2D eigenvalue weighted by atomic mass is 16.4. The van der Waals surface area contributed by atoms with E-state index in [2.05, 4.69) is 19.1 Å². The summed E-state index contributed by atoms with van der Waals surface area (Å²) in [5.41, 5.74) is 2.34. The topological polar surface area (TPSA) is 57.5 Å². The molecule has 0 aliphatic heterocycles. The van der Waals surface area contributed by atoms with Crippen molar-refractivity contribution < 1.29 is 15.0 Å². The van der Waals surface area contributed by atoms with E-state index >= 15 is 0 Å². The van der Waals surface area contributed by atoms with Crippen LogP contribution in [0.5, 0.6) is 0 Å². The zero-order valence-electron chi connectivity index (χ0n) is 11.8. The minimum absolute atomic E-state index is 0.134. The van der Waals surface area contributed by atoms with E-state index in [4.69, 9.17) is 10.2 Å². The zero-order chi connectivity index (χ0) is 14.0. The van der Waals surface area contributed by atoms with Crippen LogP contribution in [0.4, 0.5) is 0 Å². The minimum atomic E-state index is -0.715. The van der Waals surface area contributed by atoms with Crippen molar-refractivity contribution in [3.05, 3.63) is 23.3 Å². The van der Waals surface area contributed by atoms with Crippen LogP contribution in [0, 0.1) is 5.92 Å². The Morgan fingerprint density at radius 3 is 2.33 bits per heavy atom. The molecule has 0 heterocycles. The molecule has 3 heteroatoms. The van der Waals surface area contributed by atoms with Crippen LogP contribution in [0.25, 0.3) is 0 Å². The summed E-state index contributed by atoms with van der Waals surface area (Å²) in [6, 6.07) is 0. The van der Waals surface area contributed by atoms with Crippen LogP contribution < -0.4 is 0 Å². The maximum absolute atomic E-state index is 10.5. The largest absolute Gasteiger partial charge is 0.481 e. The van der Waals surface area contributed by atoms with E-state index in [1.807, 2.05) is 13.8 Å². The Morgan fingerprint density at radius 1 is 1.17 bits per heavy atom. The van der Waals surface area contributed by atoms with Gasteiger partial charge >= 0.3 is 5.97 Å². The molecule has 0 aromatic carbocycles. The van der Waals surface area contributed by atoms with Crippen molar-refractivity contribution in [2.45, 2.75) is 52.9 Å². The first-order valence-electron chi connectivity index (χ1n) is 6.59. The number of hydrogen-bond acceptors (Lipinski definition) is 2. The molecule has 0 aromatic rings. The molecule has 1 atom stereocenters. The summed E-state index contributed by atoms with van der Waals surface area (Å²) >= 11 is 0. The van der Waals surface area contributed by atoms with Crippen LogP contribution >= 0.6 is 0 Å². The average Bonchev–Trinajstić information content (AvgIpc) is 2.27. The van der Waals surface area contributed by atoms with Gasteiger partial charge in [-0.2, -0.15) is 0 Å². The number of hydrogen-bond donors (Lipinski definition) is 2. The van der Waals surface area contributed by atoms with Gasteiger partial charge in [0, 0.05) is 6.42 Å². The molecule has 0 aliphatic carbocycles. The van der Waals surface area contributed by atoms with Crippen molar-refractivity contribution in [1.82, 2.24) is 0 Å². The summed E-state index contributed by atoms with van der Waals surface area (Å²) in [6.07, 6.45) is 8.35.